The van der Waals surface area contributed by atoms with Crippen molar-refractivity contribution in [2.75, 3.05) is 0 Å². The fourth-order valence-corrected chi connectivity index (χ4v) is 6.63. The van der Waals surface area contributed by atoms with E-state index in [4.69, 9.17) is 0 Å². The highest BCUT2D eigenvalue weighted by atomic mass is 15.0. The quantitative estimate of drug-likeness (QED) is 0.221. The molecule has 9 aromatic rings. The second-order valence-electron chi connectivity index (χ2n) is 10.9. The predicted molar refractivity (Wildman–Crippen MR) is 176 cm³/mol. The molecule has 196 valence electrons. The molecule has 0 unspecified atom stereocenters. The molecule has 0 aliphatic heterocycles. The normalized spacial score (nSPS) is 11.8. The molecule has 3 nitrogen and oxygen atoms in total. The summed E-state index contributed by atoms with van der Waals surface area (Å²) in [5.74, 6) is 0. The van der Waals surface area contributed by atoms with Crippen LogP contribution in [0.3, 0.4) is 0 Å². The van der Waals surface area contributed by atoms with Crippen LogP contribution >= 0.6 is 0 Å². The van der Waals surface area contributed by atoms with E-state index in [1.807, 2.05) is 12.4 Å². The van der Waals surface area contributed by atoms with Crippen LogP contribution in [-0.4, -0.2) is 14.1 Å². The van der Waals surface area contributed by atoms with Crippen LogP contribution in [0.2, 0.25) is 0 Å². The Bertz CT molecular complexity index is 2440. The average Bonchev–Trinajstić information content (AvgIpc) is 3.63. The molecule has 6 aromatic carbocycles. The zero-order chi connectivity index (χ0) is 27.6. The van der Waals surface area contributed by atoms with E-state index in [9.17, 15) is 0 Å². The number of fused-ring (bicyclic) bond motifs is 7. The molecule has 0 amide bonds. The van der Waals surface area contributed by atoms with Crippen molar-refractivity contribution in [1.29, 1.82) is 0 Å². The van der Waals surface area contributed by atoms with Gasteiger partial charge in [-0.1, -0.05) is 84.9 Å². The number of hydrogen-bond acceptors (Lipinski definition) is 1. The Morgan fingerprint density at radius 3 is 2.12 bits per heavy atom. The van der Waals surface area contributed by atoms with E-state index in [0.717, 1.165) is 16.6 Å². The Morgan fingerprint density at radius 2 is 1.24 bits per heavy atom. The van der Waals surface area contributed by atoms with Crippen molar-refractivity contribution in [2.45, 2.75) is 0 Å². The van der Waals surface area contributed by atoms with Crippen LogP contribution in [0.5, 0.6) is 0 Å². The maximum atomic E-state index is 4.49. The van der Waals surface area contributed by atoms with E-state index in [1.54, 1.807) is 0 Å². The fraction of sp³-hybridized carbons (Fsp3) is 0. The highest BCUT2D eigenvalue weighted by molar-refractivity contribution is 6.20. The van der Waals surface area contributed by atoms with E-state index < -0.39 is 0 Å². The minimum Gasteiger partial charge on any atom is -0.317 e. The Kier molecular flexibility index (Phi) is 4.90. The second kappa shape index (κ2) is 8.92. The van der Waals surface area contributed by atoms with Gasteiger partial charge >= 0.3 is 0 Å². The van der Waals surface area contributed by atoms with Crippen molar-refractivity contribution in [3.8, 4) is 22.5 Å². The maximum absolute atomic E-state index is 4.49. The molecule has 0 fully saturated rings. The van der Waals surface area contributed by atoms with Crippen molar-refractivity contribution in [3.63, 3.8) is 0 Å². The largest absolute Gasteiger partial charge is 0.317 e. The molecule has 3 heteroatoms. The Morgan fingerprint density at radius 1 is 0.452 bits per heavy atom. The molecule has 0 aliphatic carbocycles. The van der Waals surface area contributed by atoms with Gasteiger partial charge in [-0.05, 0) is 64.9 Å². The first-order chi connectivity index (χ1) is 20.8. The molecule has 0 saturated heterocycles. The van der Waals surface area contributed by atoms with Gasteiger partial charge in [-0.15, -0.1) is 0 Å². The minimum absolute atomic E-state index is 1.14. The predicted octanol–water partition coefficient (Wildman–Crippen LogP) is 10.1. The highest BCUT2D eigenvalue weighted by Crippen LogP contribution is 2.38. The molecule has 42 heavy (non-hydrogen) atoms. The third-order valence-electron chi connectivity index (χ3n) is 8.60. The Balaban J connectivity index is 1.22. The first-order valence-electron chi connectivity index (χ1n) is 14.3. The lowest BCUT2D eigenvalue weighted by Crippen LogP contribution is -1.94. The Hall–Kier alpha value is -5.67. The standard InChI is InChI=1S/C39H25N3/c1-2-9-31(10-3-1)42-37-13-7-6-12-33(37)34-19-16-27-23-38-28(22-35(27)39(34)42)20-21-41(38)30-17-14-26(15-18-30)36-25-40-24-29-8-4-5-11-32(29)36/h1-25H. The molecule has 0 N–H and O–H groups in total. The third-order valence-corrected chi connectivity index (χ3v) is 8.60. The van der Waals surface area contributed by atoms with Crippen LogP contribution < -0.4 is 0 Å². The smallest absolute Gasteiger partial charge is 0.0619 e. The molecule has 0 bridgehead atoms. The monoisotopic (exact) mass is 535 g/mol. The molecule has 3 aromatic heterocycles. The van der Waals surface area contributed by atoms with Gasteiger partial charge in [0.1, 0.15) is 0 Å². The topological polar surface area (TPSA) is 22.8 Å². The summed E-state index contributed by atoms with van der Waals surface area (Å²) in [6, 6.07) is 48.1. The van der Waals surface area contributed by atoms with Crippen molar-refractivity contribution in [3.05, 3.63) is 152 Å². The lowest BCUT2D eigenvalue weighted by molar-refractivity contribution is 1.13. The van der Waals surface area contributed by atoms with Crippen LogP contribution in [0.15, 0.2) is 152 Å². The number of nitrogens with zero attached hydrogens (tertiary/aromatic N) is 3. The zero-order valence-electron chi connectivity index (χ0n) is 22.8. The van der Waals surface area contributed by atoms with Gasteiger partial charge in [0.25, 0.3) is 0 Å². The molecule has 9 rings (SSSR count). The van der Waals surface area contributed by atoms with Gasteiger partial charge in [-0.25, -0.2) is 0 Å². The van der Waals surface area contributed by atoms with Gasteiger partial charge in [0, 0.05) is 62.5 Å². The summed E-state index contributed by atoms with van der Waals surface area (Å²) in [6.07, 6.45) is 6.07. The molecular weight excluding hydrogens is 510 g/mol. The van der Waals surface area contributed by atoms with Crippen molar-refractivity contribution >= 4 is 54.3 Å². The van der Waals surface area contributed by atoms with E-state index in [2.05, 4.69) is 154 Å². The van der Waals surface area contributed by atoms with Gasteiger partial charge in [0.05, 0.1) is 16.6 Å². The summed E-state index contributed by atoms with van der Waals surface area (Å²) in [7, 11) is 0. The lowest BCUT2D eigenvalue weighted by atomic mass is 10.0. The van der Waals surface area contributed by atoms with Gasteiger partial charge in [-0.3, -0.25) is 4.98 Å². The van der Waals surface area contributed by atoms with E-state index in [0.29, 0.717) is 0 Å². The van der Waals surface area contributed by atoms with Crippen molar-refractivity contribution < 1.29 is 0 Å². The molecule has 0 radical (unpaired) electrons. The molecular formula is C39H25N3. The first-order valence-corrected chi connectivity index (χ1v) is 14.3. The van der Waals surface area contributed by atoms with E-state index >= 15 is 0 Å². The highest BCUT2D eigenvalue weighted by Gasteiger charge is 2.16. The fourth-order valence-electron chi connectivity index (χ4n) is 6.63. The van der Waals surface area contributed by atoms with Crippen LogP contribution in [0.25, 0.3) is 76.8 Å². The molecule has 0 aliphatic rings. The van der Waals surface area contributed by atoms with Gasteiger partial charge in [0.2, 0.25) is 0 Å². The third kappa shape index (κ3) is 3.37. The first kappa shape index (κ1) is 23.1. The summed E-state index contributed by atoms with van der Waals surface area (Å²) >= 11 is 0. The van der Waals surface area contributed by atoms with Gasteiger partial charge in [-0.2, -0.15) is 0 Å². The minimum atomic E-state index is 1.14. The molecule has 0 saturated carbocycles. The van der Waals surface area contributed by atoms with Crippen molar-refractivity contribution in [1.82, 2.24) is 14.1 Å². The second-order valence-corrected chi connectivity index (χ2v) is 10.9. The number of benzene rings is 6. The van der Waals surface area contributed by atoms with Crippen LogP contribution in [0.4, 0.5) is 0 Å². The SMILES string of the molecule is c1ccc(-n2c3ccccc3c3ccc4cc5c(ccn5-c5ccc(-c6cncc7ccccc67)cc5)cc4c32)cc1. The number of hydrogen-bond donors (Lipinski definition) is 0. The number of pyridine rings is 1. The summed E-state index contributed by atoms with van der Waals surface area (Å²) in [6.45, 7) is 0. The summed E-state index contributed by atoms with van der Waals surface area (Å²) < 4.78 is 4.70. The molecule has 3 heterocycles. The van der Waals surface area contributed by atoms with Gasteiger partial charge < -0.3 is 9.13 Å². The van der Waals surface area contributed by atoms with E-state index in [-0.39, 0.29) is 0 Å². The van der Waals surface area contributed by atoms with Crippen LogP contribution in [0.1, 0.15) is 0 Å². The number of para-hydroxylation sites is 2. The summed E-state index contributed by atoms with van der Waals surface area (Å²) in [5, 5.41) is 8.64. The van der Waals surface area contributed by atoms with E-state index in [1.165, 1.54) is 60.1 Å². The van der Waals surface area contributed by atoms with Crippen LogP contribution in [-0.2, 0) is 0 Å². The Labute approximate surface area is 242 Å². The van der Waals surface area contributed by atoms with Crippen molar-refractivity contribution in [2.24, 2.45) is 0 Å². The molecule has 0 atom stereocenters. The molecule has 0 spiro atoms. The number of aromatic nitrogens is 3. The summed E-state index contributed by atoms with van der Waals surface area (Å²) in [5.41, 5.74) is 8.31. The lowest BCUT2D eigenvalue weighted by Gasteiger charge is -2.11. The average molecular weight is 536 g/mol. The van der Waals surface area contributed by atoms with Gasteiger partial charge in [0.15, 0.2) is 0 Å². The van der Waals surface area contributed by atoms with Crippen LogP contribution in [0, 0.1) is 0 Å². The maximum Gasteiger partial charge on any atom is 0.0619 e. The number of rotatable bonds is 3. The zero-order valence-corrected chi connectivity index (χ0v) is 22.8. The summed E-state index contributed by atoms with van der Waals surface area (Å²) in [4.78, 5) is 4.49.